The third kappa shape index (κ3) is 6.07. The zero-order valence-corrected chi connectivity index (χ0v) is 17.4. The third-order valence-corrected chi connectivity index (χ3v) is 5.90. The quantitative estimate of drug-likeness (QED) is 0.617. The molecule has 0 aliphatic rings. The first kappa shape index (κ1) is 21.9. The Labute approximate surface area is 167 Å². The Balaban J connectivity index is 1.92. The molecule has 0 heterocycles. The minimum atomic E-state index is -3.68. The van der Waals surface area contributed by atoms with Crippen molar-refractivity contribution in [2.24, 2.45) is 5.92 Å². The maximum absolute atomic E-state index is 12.7. The summed E-state index contributed by atoms with van der Waals surface area (Å²) < 4.78 is 32.2. The van der Waals surface area contributed by atoms with Gasteiger partial charge in [-0.1, -0.05) is 32.0 Å². The number of carbonyl (C=O) groups is 1. The summed E-state index contributed by atoms with van der Waals surface area (Å²) in [5, 5.41) is 2.82. The molecule has 0 aliphatic carbocycles. The van der Waals surface area contributed by atoms with Crippen LogP contribution in [0, 0.1) is 5.92 Å². The Hall–Kier alpha value is -2.38. The minimum absolute atomic E-state index is 0.137. The molecule has 152 valence electrons. The van der Waals surface area contributed by atoms with Gasteiger partial charge in [-0.2, -0.15) is 0 Å². The van der Waals surface area contributed by atoms with Crippen molar-refractivity contribution in [1.29, 1.82) is 0 Å². The molecule has 0 aromatic heterocycles. The van der Waals surface area contributed by atoms with E-state index in [1.165, 1.54) is 35.6 Å². The molecule has 0 saturated carbocycles. The van der Waals surface area contributed by atoms with Crippen LogP contribution in [0.5, 0.6) is 0 Å². The summed E-state index contributed by atoms with van der Waals surface area (Å²) in [7, 11) is -2.18. The van der Waals surface area contributed by atoms with E-state index in [-0.39, 0.29) is 10.8 Å². The monoisotopic (exact) mass is 404 g/mol. The first-order chi connectivity index (χ1) is 13.3. The van der Waals surface area contributed by atoms with E-state index in [9.17, 15) is 13.2 Å². The third-order valence-electron chi connectivity index (χ3n) is 4.10. The van der Waals surface area contributed by atoms with Crippen LogP contribution in [-0.2, 0) is 14.8 Å². The van der Waals surface area contributed by atoms with E-state index in [4.69, 9.17) is 4.74 Å². The van der Waals surface area contributed by atoms with Gasteiger partial charge in [0.05, 0.1) is 10.6 Å². The maximum atomic E-state index is 12.7. The van der Waals surface area contributed by atoms with Crippen molar-refractivity contribution in [1.82, 2.24) is 5.32 Å². The van der Waals surface area contributed by atoms with E-state index in [0.29, 0.717) is 36.9 Å². The van der Waals surface area contributed by atoms with Crippen LogP contribution < -0.4 is 9.62 Å². The summed E-state index contributed by atoms with van der Waals surface area (Å²) in [4.78, 5) is 12.3. The van der Waals surface area contributed by atoms with Gasteiger partial charge >= 0.3 is 0 Å². The molecular weight excluding hydrogens is 376 g/mol. The molecule has 0 saturated heterocycles. The smallest absolute Gasteiger partial charge is 0.264 e. The number of hydrogen-bond donors (Lipinski definition) is 1. The fourth-order valence-corrected chi connectivity index (χ4v) is 3.71. The largest absolute Gasteiger partial charge is 0.381 e. The maximum Gasteiger partial charge on any atom is 0.264 e. The van der Waals surface area contributed by atoms with Gasteiger partial charge < -0.3 is 10.1 Å². The van der Waals surface area contributed by atoms with E-state index in [2.05, 4.69) is 19.2 Å². The fourth-order valence-electron chi connectivity index (χ4n) is 2.51. The van der Waals surface area contributed by atoms with Crippen molar-refractivity contribution in [3.05, 3.63) is 60.2 Å². The highest BCUT2D eigenvalue weighted by Gasteiger charge is 2.21. The Kier molecular flexibility index (Phi) is 8.02. The van der Waals surface area contributed by atoms with E-state index in [1.807, 2.05) is 6.07 Å². The number of sulfonamides is 1. The van der Waals surface area contributed by atoms with Crippen LogP contribution in [0.15, 0.2) is 59.5 Å². The van der Waals surface area contributed by atoms with Crippen molar-refractivity contribution in [3.63, 3.8) is 0 Å². The van der Waals surface area contributed by atoms with E-state index >= 15 is 0 Å². The molecule has 0 fully saturated rings. The van der Waals surface area contributed by atoms with Crippen LogP contribution in [-0.4, -0.2) is 41.1 Å². The van der Waals surface area contributed by atoms with Gasteiger partial charge in [-0.25, -0.2) is 8.42 Å². The molecule has 6 nitrogen and oxygen atoms in total. The Bertz CT molecular complexity index is 850. The lowest BCUT2D eigenvalue weighted by Gasteiger charge is -2.19. The Morgan fingerprint density at radius 1 is 1.07 bits per heavy atom. The van der Waals surface area contributed by atoms with Crippen molar-refractivity contribution < 1.29 is 17.9 Å². The number of nitrogens with one attached hydrogen (secondary N) is 1. The van der Waals surface area contributed by atoms with E-state index in [0.717, 1.165) is 6.42 Å². The molecule has 2 rings (SSSR count). The predicted octanol–water partition coefficient (Wildman–Crippen LogP) is 3.30. The summed E-state index contributed by atoms with van der Waals surface area (Å²) in [6, 6.07) is 14.8. The predicted molar refractivity (Wildman–Crippen MR) is 111 cm³/mol. The normalized spacial score (nSPS) is 11.4. The highest BCUT2D eigenvalue weighted by molar-refractivity contribution is 7.92. The molecule has 0 radical (unpaired) electrons. The standard InChI is InChI=1S/C21H28N2O4S/c1-17(2)16-27-15-7-14-22-21(24)18-10-12-20(13-11-18)28(25,26)23(3)19-8-5-4-6-9-19/h4-6,8-13,17H,7,14-16H2,1-3H3,(H,22,24). The molecule has 1 amide bonds. The molecule has 0 atom stereocenters. The van der Waals surface area contributed by atoms with Crippen LogP contribution in [0.25, 0.3) is 0 Å². The first-order valence-corrected chi connectivity index (χ1v) is 10.8. The average Bonchev–Trinajstić information content (AvgIpc) is 2.70. The van der Waals surface area contributed by atoms with Gasteiger partial charge in [0.1, 0.15) is 0 Å². The highest BCUT2D eigenvalue weighted by Crippen LogP contribution is 2.21. The van der Waals surface area contributed by atoms with Crippen LogP contribution in [0.1, 0.15) is 30.6 Å². The number of hydrogen-bond acceptors (Lipinski definition) is 4. The molecule has 7 heteroatoms. The average molecular weight is 405 g/mol. The summed E-state index contributed by atoms with van der Waals surface area (Å²) in [6.45, 7) is 5.99. The summed E-state index contributed by atoms with van der Waals surface area (Å²) in [5.74, 6) is 0.259. The number of para-hydroxylation sites is 1. The Morgan fingerprint density at radius 3 is 2.32 bits per heavy atom. The van der Waals surface area contributed by atoms with E-state index < -0.39 is 10.0 Å². The number of rotatable bonds is 10. The molecule has 2 aromatic carbocycles. The topological polar surface area (TPSA) is 75.7 Å². The first-order valence-electron chi connectivity index (χ1n) is 9.32. The highest BCUT2D eigenvalue weighted by atomic mass is 32.2. The number of ether oxygens (including phenoxy) is 1. The number of carbonyl (C=O) groups excluding carboxylic acids is 1. The molecule has 0 spiro atoms. The van der Waals surface area contributed by atoms with Gasteiger partial charge in [0.2, 0.25) is 0 Å². The number of amides is 1. The summed E-state index contributed by atoms with van der Waals surface area (Å²) >= 11 is 0. The van der Waals surface area contributed by atoms with Crippen LogP contribution in [0.4, 0.5) is 5.69 Å². The van der Waals surface area contributed by atoms with E-state index in [1.54, 1.807) is 24.3 Å². The SMILES string of the molecule is CC(C)COCCCNC(=O)c1ccc(S(=O)(=O)N(C)c2ccccc2)cc1. The van der Waals surface area contributed by atoms with Crippen molar-refractivity contribution in [3.8, 4) is 0 Å². The number of benzene rings is 2. The summed E-state index contributed by atoms with van der Waals surface area (Å²) in [5.41, 5.74) is 0.994. The molecule has 0 aliphatic heterocycles. The van der Waals surface area contributed by atoms with Gasteiger partial charge in [0.25, 0.3) is 15.9 Å². The summed E-state index contributed by atoms with van der Waals surface area (Å²) in [6.07, 6.45) is 0.729. The Morgan fingerprint density at radius 2 is 1.71 bits per heavy atom. The van der Waals surface area contributed by atoms with Gasteiger partial charge in [0.15, 0.2) is 0 Å². The lowest BCUT2D eigenvalue weighted by molar-refractivity contribution is 0.0925. The van der Waals surface area contributed by atoms with Gasteiger partial charge in [-0.05, 0) is 48.7 Å². The van der Waals surface area contributed by atoms with Gasteiger partial charge in [-0.15, -0.1) is 0 Å². The zero-order chi connectivity index (χ0) is 20.6. The molecule has 0 bridgehead atoms. The zero-order valence-electron chi connectivity index (χ0n) is 16.6. The molecule has 2 aromatic rings. The molecule has 0 unspecified atom stereocenters. The van der Waals surface area contributed by atoms with Crippen LogP contribution >= 0.6 is 0 Å². The fraction of sp³-hybridized carbons (Fsp3) is 0.381. The second-order valence-corrected chi connectivity index (χ2v) is 8.88. The van der Waals surface area contributed by atoms with Crippen molar-refractivity contribution >= 4 is 21.6 Å². The minimum Gasteiger partial charge on any atom is -0.381 e. The van der Waals surface area contributed by atoms with Gasteiger partial charge in [-0.3, -0.25) is 9.10 Å². The van der Waals surface area contributed by atoms with Crippen molar-refractivity contribution in [2.75, 3.05) is 31.1 Å². The number of anilines is 1. The lowest BCUT2D eigenvalue weighted by Crippen LogP contribution is -2.27. The molecule has 1 N–H and O–H groups in total. The van der Waals surface area contributed by atoms with Gasteiger partial charge in [0, 0.05) is 32.4 Å². The van der Waals surface area contributed by atoms with Crippen LogP contribution in [0.3, 0.4) is 0 Å². The number of nitrogens with zero attached hydrogens (tertiary/aromatic N) is 1. The second kappa shape index (κ2) is 10.2. The van der Waals surface area contributed by atoms with Crippen molar-refractivity contribution in [2.45, 2.75) is 25.2 Å². The molecule has 28 heavy (non-hydrogen) atoms. The second-order valence-electron chi connectivity index (χ2n) is 6.91. The molecular formula is C21H28N2O4S. The van der Waals surface area contributed by atoms with Crippen LogP contribution in [0.2, 0.25) is 0 Å². The lowest BCUT2D eigenvalue weighted by atomic mass is 10.2.